The van der Waals surface area contributed by atoms with Gasteiger partial charge in [-0.3, -0.25) is 4.79 Å². The number of rotatable bonds is 7. The second-order valence-electron chi connectivity index (χ2n) is 6.22. The number of aryl methyl sites for hydroxylation is 2. The van der Waals surface area contributed by atoms with E-state index in [1.54, 1.807) is 31.2 Å². The molecule has 5 heteroatoms. The molecule has 0 saturated heterocycles. The van der Waals surface area contributed by atoms with Crippen molar-refractivity contribution in [2.75, 3.05) is 11.9 Å². The summed E-state index contributed by atoms with van der Waals surface area (Å²) < 4.78 is 10.6. The first-order chi connectivity index (χ1) is 12.4. The molecule has 1 N–H and O–H groups in total. The van der Waals surface area contributed by atoms with Gasteiger partial charge >= 0.3 is 5.97 Å². The van der Waals surface area contributed by atoms with Crippen molar-refractivity contribution in [1.82, 2.24) is 0 Å². The molecule has 2 aromatic rings. The van der Waals surface area contributed by atoms with Gasteiger partial charge in [0.15, 0.2) is 6.10 Å². The second kappa shape index (κ2) is 9.04. The third kappa shape index (κ3) is 5.34. The Labute approximate surface area is 154 Å². The van der Waals surface area contributed by atoms with E-state index in [-0.39, 0.29) is 5.91 Å². The third-order valence-electron chi connectivity index (χ3n) is 3.84. The molecule has 0 bridgehead atoms. The van der Waals surface area contributed by atoms with E-state index in [4.69, 9.17) is 9.47 Å². The summed E-state index contributed by atoms with van der Waals surface area (Å²) >= 11 is 0. The van der Waals surface area contributed by atoms with E-state index in [9.17, 15) is 9.59 Å². The van der Waals surface area contributed by atoms with Crippen LogP contribution in [0, 0.1) is 13.8 Å². The van der Waals surface area contributed by atoms with Crippen molar-refractivity contribution in [3.05, 3.63) is 59.2 Å². The van der Waals surface area contributed by atoms with Gasteiger partial charge in [0.2, 0.25) is 0 Å². The summed E-state index contributed by atoms with van der Waals surface area (Å²) in [5, 5.41) is 2.90. The highest BCUT2D eigenvalue weighted by Gasteiger charge is 2.16. The number of ether oxygens (including phenoxy) is 2. The zero-order chi connectivity index (χ0) is 19.1. The monoisotopic (exact) mass is 355 g/mol. The van der Waals surface area contributed by atoms with E-state index in [2.05, 4.69) is 5.32 Å². The van der Waals surface area contributed by atoms with Gasteiger partial charge in [-0.2, -0.15) is 0 Å². The maximum Gasteiger partial charge on any atom is 0.347 e. The fraction of sp³-hybridized carbons (Fsp3) is 0.333. The van der Waals surface area contributed by atoms with E-state index in [1.165, 1.54) is 0 Å². The minimum atomic E-state index is -0.698. The Kier molecular flexibility index (Phi) is 6.78. The number of nitrogens with one attached hydrogen (secondary N) is 1. The molecule has 1 atom stereocenters. The van der Waals surface area contributed by atoms with Gasteiger partial charge in [0.05, 0.1) is 6.61 Å². The van der Waals surface area contributed by atoms with Crippen molar-refractivity contribution in [1.29, 1.82) is 0 Å². The van der Waals surface area contributed by atoms with Crippen LogP contribution in [0.4, 0.5) is 5.69 Å². The van der Waals surface area contributed by atoms with Gasteiger partial charge in [-0.05, 0) is 63.1 Å². The zero-order valence-corrected chi connectivity index (χ0v) is 15.7. The van der Waals surface area contributed by atoms with Crippen LogP contribution in [0.15, 0.2) is 42.5 Å². The van der Waals surface area contributed by atoms with Gasteiger partial charge in [0, 0.05) is 11.3 Å². The third-order valence-corrected chi connectivity index (χ3v) is 3.84. The molecule has 0 saturated carbocycles. The van der Waals surface area contributed by atoms with Crippen molar-refractivity contribution in [2.45, 2.75) is 40.2 Å². The van der Waals surface area contributed by atoms with Gasteiger partial charge in [-0.1, -0.05) is 24.6 Å². The molecule has 0 fully saturated rings. The Morgan fingerprint density at radius 2 is 1.77 bits per heavy atom. The van der Waals surface area contributed by atoms with Crippen LogP contribution in [0.3, 0.4) is 0 Å². The van der Waals surface area contributed by atoms with Crippen molar-refractivity contribution in [3.63, 3.8) is 0 Å². The van der Waals surface area contributed by atoms with Gasteiger partial charge in [0.25, 0.3) is 5.91 Å². The Bertz CT molecular complexity index is 768. The molecule has 0 radical (unpaired) electrons. The maximum absolute atomic E-state index is 12.4. The summed E-state index contributed by atoms with van der Waals surface area (Å²) in [6, 6.07) is 12.5. The molecule has 0 aliphatic rings. The molecule has 26 heavy (non-hydrogen) atoms. The maximum atomic E-state index is 12.4. The number of esters is 1. The quantitative estimate of drug-likeness (QED) is 0.753. The highest BCUT2D eigenvalue weighted by Crippen LogP contribution is 2.19. The first kappa shape index (κ1) is 19.5. The molecular weight excluding hydrogens is 330 g/mol. The largest absolute Gasteiger partial charge is 0.479 e. The molecule has 0 aliphatic carbocycles. The summed E-state index contributed by atoms with van der Waals surface area (Å²) in [7, 11) is 0. The van der Waals surface area contributed by atoms with E-state index in [1.807, 2.05) is 39.0 Å². The Morgan fingerprint density at radius 1 is 1.08 bits per heavy atom. The molecule has 2 rings (SSSR count). The number of carbonyl (C=O) groups is 2. The Hall–Kier alpha value is -2.82. The highest BCUT2D eigenvalue weighted by molar-refractivity contribution is 6.04. The van der Waals surface area contributed by atoms with Crippen LogP contribution in [0.5, 0.6) is 5.75 Å². The number of hydrogen-bond acceptors (Lipinski definition) is 4. The first-order valence-corrected chi connectivity index (χ1v) is 8.72. The zero-order valence-electron chi connectivity index (χ0n) is 15.7. The molecule has 2 aromatic carbocycles. The molecule has 5 nitrogen and oxygen atoms in total. The predicted molar refractivity (Wildman–Crippen MR) is 102 cm³/mol. The lowest BCUT2D eigenvalue weighted by molar-refractivity contribution is -0.151. The highest BCUT2D eigenvalue weighted by atomic mass is 16.6. The molecule has 0 aliphatic heterocycles. The number of anilines is 1. The second-order valence-corrected chi connectivity index (χ2v) is 6.22. The number of carbonyl (C=O) groups excluding carboxylic acids is 2. The van der Waals surface area contributed by atoms with Crippen LogP contribution in [0.25, 0.3) is 0 Å². The van der Waals surface area contributed by atoms with E-state index >= 15 is 0 Å². The summed E-state index contributed by atoms with van der Waals surface area (Å²) in [4.78, 5) is 24.1. The van der Waals surface area contributed by atoms with Crippen LogP contribution in [-0.4, -0.2) is 24.6 Å². The van der Waals surface area contributed by atoms with E-state index in [0.29, 0.717) is 17.9 Å². The van der Waals surface area contributed by atoms with Crippen LogP contribution in [-0.2, 0) is 9.53 Å². The summed E-state index contributed by atoms with van der Waals surface area (Å²) in [5.41, 5.74) is 3.46. The van der Waals surface area contributed by atoms with Crippen LogP contribution in [0.1, 0.15) is 41.8 Å². The smallest absolute Gasteiger partial charge is 0.347 e. The first-order valence-electron chi connectivity index (χ1n) is 8.72. The fourth-order valence-electron chi connectivity index (χ4n) is 2.41. The van der Waals surface area contributed by atoms with Gasteiger partial charge in [0.1, 0.15) is 5.75 Å². The standard InChI is InChI=1S/C21H25NO4/c1-5-12-25-21(24)16(4)26-18-9-7-17(8-10-18)20(23)22-19-11-6-14(2)13-15(19)3/h6-11,13,16H,5,12H2,1-4H3,(H,22,23). The topological polar surface area (TPSA) is 64.6 Å². The molecule has 0 aromatic heterocycles. The van der Waals surface area contributed by atoms with Crippen molar-refractivity contribution >= 4 is 17.6 Å². The number of amides is 1. The van der Waals surface area contributed by atoms with Crippen molar-refractivity contribution < 1.29 is 19.1 Å². The Balaban J connectivity index is 1.97. The predicted octanol–water partition coefficient (Wildman–Crippen LogP) is 4.28. The lowest BCUT2D eigenvalue weighted by Gasteiger charge is -2.14. The Morgan fingerprint density at radius 3 is 2.38 bits per heavy atom. The number of hydrogen-bond donors (Lipinski definition) is 1. The van der Waals surface area contributed by atoms with Crippen LogP contribution in [0.2, 0.25) is 0 Å². The summed E-state index contributed by atoms with van der Waals surface area (Å²) in [6.45, 7) is 7.92. The average molecular weight is 355 g/mol. The summed E-state index contributed by atoms with van der Waals surface area (Å²) in [5.74, 6) is -0.0866. The minimum Gasteiger partial charge on any atom is -0.479 e. The fourth-order valence-corrected chi connectivity index (χ4v) is 2.41. The average Bonchev–Trinajstić information content (AvgIpc) is 2.62. The van der Waals surface area contributed by atoms with Crippen LogP contribution >= 0.6 is 0 Å². The van der Waals surface area contributed by atoms with Gasteiger partial charge in [-0.25, -0.2) is 4.79 Å². The molecular formula is C21H25NO4. The summed E-state index contributed by atoms with van der Waals surface area (Å²) in [6.07, 6.45) is 0.0688. The molecule has 1 amide bonds. The lowest BCUT2D eigenvalue weighted by Crippen LogP contribution is -2.26. The van der Waals surface area contributed by atoms with Gasteiger partial charge < -0.3 is 14.8 Å². The normalized spacial score (nSPS) is 11.5. The van der Waals surface area contributed by atoms with Crippen molar-refractivity contribution in [3.8, 4) is 5.75 Å². The van der Waals surface area contributed by atoms with Gasteiger partial charge in [-0.15, -0.1) is 0 Å². The van der Waals surface area contributed by atoms with Crippen LogP contribution < -0.4 is 10.1 Å². The lowest BCUT2D eigenvalue weighted by atomic mass is 10.1. The molecule has 0 spiro atoms. The number of benzene rings is 2. The molecule has 0 heterocycles. The minimum absolute atomic E-state index is 0.195. The SMILES string of the molecule is CCCOC(=O)C(C)Oc1ccc(C(=O)Nc2ccc(C)cc2C)cc1. The van der Waals surface area contributed by atoms with E-state index in [0.717, 1.165) is 23.2 Å². The molecule has 1 unspecified atom stereocenters. The van der Waals surface area contributed by atoms with Crippen molar-refractivity contribution in [2.24, 2.45) is 0 Å². The molecule has 138 valence electrons. The van der Waals surface area contributed by atoms with E-state index < -0.39 is 12.1 Å².